The highest BCUT2D eigenvalue weighted by Crippen LogP contribution is 2.34. The van der Waals surface area contributed by atoms with Gasteiger partial charge in [0.2, 0.25) is 0 Å². The molecule has 1 aliphatic carbocycles. The highest BCUT2D eigenvalue weighted by molar-refractivity contribution is 5.48. The normalized spacial score (nSPS) is 13.7. The lowest BCUT2D eigenvalue weighted by Crippen LogP contribution is -2.27. The van der Waals surface area contributed by atoms with E-state index in [-0.39, 0.29) is 6.04 Å². The van der Waals surface area contributed by atoms with Crippen LogP contribution >= 0.6 is 0 Å². The molecule has 3 nitrogen and oxygen atoms in total. The first-order chi connectivity index (χ1) is 10.4. The monoisotopic (exact) mass is 275 g/mol. The van der Waals surface area contributed by atoms with Gasteiger partial charge in [0.1, 0.15) is 5.82 Å². The summed E-state index contributed by atoms with van der Waals surface area (Å²) in [5, 5.41) is 3.64. The minimum absolute atomic E-state index is 0.233. The van der Waals surface area contributed by atoms with Crippen LogP contribution in [0.5, 0.6) is 0 Å². The van der Waals surface area contributed by atoms with E-state index in [9.17, 15) is 0 Å². The van der Waals surface area contributed by atoms with Crippen molar-refractivity contribution in [2.45, 2.75) is 19.0 Å². The van der Waals surface area contributed by atoms with Crippen LogP contribution in [0.3, 0.4) is 0 Å². The average Bonchev–Trinajstić information content (AvgIpc) is 3.05. The van der Waals surface area contributed by atoms with Gasteiger partial charge in [-0.1, -0.05) is 48.5 Å². The van der Waals surface area contributed by atoms with Crippen molar-refractivity contribution in [3.63, 3.8) is 0 Å². The number of aromatic amines is 1. The van der Waals surface area contributed by atoms with Gasteiger partial charge in [0.15, 0.2) is 0 Å². The van der Waals surface area contributed by atoms with Crippen LogP contribution in [0.1, 0.15) is 34.1 Å². The Morgan fingerprint density at radius 1 is 1.00 bits per heavy atom. The summed E-state index contributed by atoms with van der Waals surface area (Å²) in [6, 6.07) is 17.6. The number of hydrogen-bond donors (Lipinski definition) is 2. The minimum atomic E-state index is 0.233. The van der Waals surface area contributed by atoms with Gasteiger partial charge >= 0.3 is 0 Å². The fourth-order valence-electron chi connectivity index (χ4n) is 3.14. The van der Waals surface area contributed by atoms with Gasteiger partial charge in [-0.05, 0) is 28.7 Å². The molecule has 0 amide bonds. The maximum atomic E-state index is 4.29. The quantitative estimate of drug-likeness (QED) is 0.770. The second kappa shape index (κ2) is 5.19. The van der Waals surface area contributed by atoms with Crippen molar-refractivity contribution in [1.82, 2.24) is 15.3 Å². The van der Waals surface area contributed by atoms with Crippen molar-refractivity contribution in [1.29, 1.82) is 0 Å². The van der Waals surface area contributed by atoms with Crippen LogP contribution in [-0.2, 0) is 13.0 Å². The van der Waals surface area contributed by atoms with Crippen LogP contribution in [-0.4, -0.2) is 9.97 Å². The summed E-state index contributed by atoms with van der Waals surface area (Å²) >= 11 is 0. The minimum Gasteiger partial charge on any atom is -0.348 e. The summed E-state index contributed by atoms with van der Waals surface area (Å²) in [7, 11) is 0. The molecule has 0 fully saturated rings. The molecular formula is C18H17N3. The Hall–Kier alpha value is -2.39. The summed E-state index contributed by atoms with van der Waals surface area (Å²) < 4.78 is 0. The Morgan fingerprint density at radius 3 is 2.29 bits per heavy atom. The van der Waals surface area contributed by atoms with Crippen LogP contribution < -0.4 is 5.32 Å². The van der Waals surface area contributed by atoms with Gasteiger partial charge in [0.25, 0.3) is 0 Å². The predicted molar refractivity (Wildman–Crippen MR) is 83.0 cm³/mol. The smallest absolute Gasteiger partial charge is 0.120 e. The van der Waals surface area contributed by atoms with E-state index in [4.69, 9.17) is 0 Å². The first-order valence-electron chi connectivity index (χ1n) is 7.29. The van der Waals surface area contributed by atoms with Gasteiger partial charge in [-0.3, -0.25) is 5.32 Å². The first-order valence-corrected chi connectivity index (χ1v) is 7.29. The number of imidazole rings is 1. The van der Waals surface area contributed by atoms with E-state index in [0.717, 1.165) is 18.8 Å². The van der Waals surface area contributed by atoms with Crippen molar-refractivity contribution < 1.29 is 0 Å². The molecule has 0 saturated carbocycles. The molecule has 3 aromatic rings. The first kappa shape index (κ1) is 12.4. The van der Waals surface area contributed by atoms with Crippen molar-refractivity contribution in [3.05, 3.63) is 89.0 Å². The Labute approximate surface area is 124 Å². The fraction of sp³-hybridized carbons (Fsp3) is 0.167. The Bertz CT molecular complexity index is 701. The molecule has 0 spiro atoms. The van der Waals surface area contributed by atoms with E-state index >= 15 is 0 Å². The van der Waals surface area contributed by atoms with E-state index in [1.54, 1.807) is 6.20 Å². The third-order valence-corrected chi connectivity index (χ3v) is 4.14. The summed E-state index contributed by atoms with van der Waals surface area (Å²) in [4.78, 5) is 7.45. The summed E-state index contributed by atoms with van der Waals surface area (Å²) in [6.45, 7) is 0.736. The Morgan fingerprint density at radius 2 is 1.67 bits per heavy atom. The third-order valence-electron chi connectivity index (χ3n) is 4.14. The summed E-state index contributed by atoms with van der Waals surface area (Å²) in [5.74, 6) is 0.968. The van der Waals surface area contributed by atoms with Gasteiger partial charge in [-0.15, -0.1) is 0 Å². The van der Waals surface area contributed by atoms with Crippen molar-refractivity contribution in [3.8, 4) is 0 Å². The molecule has 1 aliphatic rings. The summed E-state index contributed by atoms with van der Waals surface area (Å²) in [6.07, 6.45) is 4.67. The zero-order valence-corrected chi connectivity index (χ0v) is 11.7. The predicted octanol–water partition coefficient (Wildman–Crippen LogP) is 3.19. The second-order valence-corrected chi connectivity index (χ2v) is 5.42. The van der Waals surface area contributed by atoms with Gasteiger partial charge in [-0.2, -0.15) is 0 Å². The lowest BCUT2D eigenvalue weighted by atomic mass is 9.82. The van der Waals surface area contributed by atoms with E-state index in [1.165, 1.54) is 22.3 Å². The number of nitrogens with zero attached hydrogens (tertiary/aromatic N) is 1. The molecular weight excluding hydrogens is 258 g/mol. The second-order valence-electron chi connectivity index (χ2n) is 5.42. The maximum absolute atomic E-state index is 4.29. The Balaban J connectivity index is 1.71. The zero-order chi connectivity index (χ0) is 14.1. The van der Waals surface area contributed by atoms with Gasteiger partial charge < -0.3 is 4.98 Å². The van der Waals surface area contributed by atoms with Crippen molar-refractivity contribution in [2.75, 3.05) is 0 Å². The van der Waals surface area contributed by atoms with Crippen LogP contribution in [0.2, 0.25) is 0 Å². The van der Waals surface area contributed by atoms with Crippen molar-refractivity contribution in [2.24, 2.45) is 0 Å². The third kappa shape index (κ3) is 2.26. The van der Waals surface area contributed by atoms with Crippen LogP contribution in [0.4, 0.5) is 0 Å². The SMILES string of the molecule is c1ccc2c(c1)Cc1ccccc1C2NCc1ncc[nH]1. The van der Waals surface area contributed by atoms with Crippen LogP contribution in [0, 0.1) is 0 Å². The van der Waals surface area contributed by atoms with Gasteiger partial charge in [0, 0.05) is 12.4 Å². The fourth-order valence-corrected chi connectivity index (χ4v) is 3.14. The number of benzene rings is 2. The molecule has 0 bridgehead atoms. The Kier molecular flexibility index (Phi) is 3.05. The van der Waals surface area contributed by atoms with Gasteiger partial charge in [-0.25, -0.2) is 4.98 Å². The van der Waals surface area contributed by atoms with E-state index in [1.807, 2.05) is 6.20 Å². The zero-order valence-electron chi connectivity index (χ0n) is 11.7. The highest BCUT2D eigenvalue weighted by Gasteiger charge is 2.24. The lowest BCUT2D eigenvalue weighted by Gasteiger charge is -2.29. The largest absolute Gasteiger partial charge is 0.348 e. The molecule has 0 unspecified atom stereocenters. The molecule has 3 heteroatoms. The molecule has 1 heterocycles. The molecule has 104 valence electrons. The number of fused-ring (bicyclic) bond motifs is 2. The molecule has 2 aromatic carbocycles. The molecule has 0 aliphatic heterocycles. The van der Waals surface area contributed by atoms with Crippen molar-refractivity contribution >= 4 is 0 Å². The number of rotatable bonds is 3. The number of H-pyrrole nitrogens is 1. The lowest BCUT2D eigenvalue weighted by molar-refractivity contribution is 0.575. The molecule has 0 atom stereocenters. The number of hydrogen-bond acceptors (Lipinski definition) is 2. The molecule has 0 radical (unpaired) electrons. The van der Waals surface area contributed by atoms with Gasteiger partial charge in [0.05, 0.1) is 12.6 Å². The van der Waals surface area contributed by atoms with E-state index in [0.29, 0.717) is 0 Å². The maximum Gasteiger partial charge on any atom is 0.120 e. The number of aromatic nitrogens is 2. The topological polar surface area (TPSA) is 40.7 Å². The van der Waals surface area contributed by atoms with E-state index in [2.05, 4.69) is 63.8 Å². The molecule has 2 N–H and O–H groups in total. The van der Waals surface area contributed by atoms with Crippen LogP contribution in [0.25, 0.3) is 0 Å². The van der Waals surface area contributed by atoms with E-state index < -0.39 is 0 Å². The number of nitrogens with one attached hydrogen (secondary N) is 2. The highest BCUT2D eigenvalue weighted by atomic mass is 15.0. The molecule has 4 rings (SSSR count). The molecule has 0 saturated heterocycles. The standard InChI is InChI=1S/C18H17N3/c1-3-7-15-13(5-1)11-14-6-2-4-8-16(14)18(15)21-12-17-19-9-10-20-17/h1-10,18,21H,11-12H2,(H,19,20). The van der Waals surface area contributed by atoms with Crippen LogP contribution in [0.15, 0.2) is 60.9 Å². The molecule has 21 heavy (non-hydrogen) atoms. The molecule has 1 aromatic heterocycles. The summed E-state index contributed by atoms with van der Waals surface area (Å²) in [5.41, 5.74) is 5.58. The average molecular weight is 275 g/mol.